The van der Waals surface area contributed by atoms with Crippen molar-refractivity contribution < 1.29 is 4.74 Å². The number of rotatable bonds is 6. The fourth-order valence-electron chi connectivity index (χ4n) is 2.33. The van der Waals surface area contributed by atoms with Gasteiger partial charge in [0.25, 0.3) is 0 Å². The van der Waals surface area contributed by atoms with Gasteiger partial charge >= 0.3 is 0 Å². The van der Waals surface area contributed by atoms with E-state index in [-0.39, 0.29) is 0 Å². The topological polar surface area (TPSA) is 24.5 Å². The SMILES string of the molecule is CCOCCN1CC(CC)NCC1(C)CC. The number of ether oxygens (including phenoxy) is 1. The van der Waals surface area contributed by atoms with Crippen LogP contribution in [0, 0.1) is 0 Å². The third kappa shape index (κ3) is 3.44. The van der Waals surface area contributed by atoms with Crippen molar-refractivity contribution in [3.63, 3.8) is 0 Å². The van der Waals surface area contributed by atoms with Gasteiger partial charge in [-0.15, -0.1) is 0 Å². The minimum absolute atomic E-state index is 0.308. The summed E-state index contributed by atoms with van der Waals surface area (Å²) in [5, 5.41) is 3.65. The average molecular weight is 228 g/mol. The Morgan fingerprint density at radius 3 is 2.69 bits per heavy atom. The Bertz CT molecular complexity index is 198. The van der Waals surface area contributed by atoms with Crippen molar-refractivity contribution in [3.8, 4) is 0 Å². The van der Waals surface area contributed by atoms with Gasteiger partial charge in [0.1, 0.15) is 0 Å². The molecule has 1 heterocycles. The molecular formula is C13H28N2O. The van der Waals surface area contributed by atoms with Crippen LogP contribution in [0.25, 0.3) is 0 Å². The van der Waals surface area contributed by atoms with Crippen LogP contribution in [-0.2, 0) is 4.74 Å². The van der Waals surface area contributed by atoms with Gasteiger partial charge in [0, 0.05) is 37.8 Å². The molecule has 3 nitrogen and oxygen atoms in total. The van der Waals surface area contributed by atoms with E-state index in [4.69, 9.17) is 4.74 Å². The van der Waals surface area contributed by atoms with E-state index in [1.165, 1.54) is 12.8 Å². The van der Waals surface area contributed by atoms with E-state index in [1.54, 1.807) is 0 Å². The van der Waals surface area contributed by atoms with Crippen LogP contribution in [0.2, 0.25) is 0 Å². The molecule has 0 radical (unpaired) electrons. The molecule has 2 atom stereocenters. The van der Waals surface area contributed by atoms with Gasteiger partial charge in [0.2, 0.25) is 0 Å². The van der Waals surface area contributed by atoms with E-state index >= 15 is 0 Å². The molecule has 1 rings (SSSR count). The maximum Gasteiger partial charge on any atom is 0.0593 e. The first-order valence-corrected chi connectivity index (χ1v) is 6.72. The zero-order valence-electron chi connectivity index (χ0n) is 11.4. The van der Waals surface area contributed by atoms with Gasteiger partial charge in [-0.25, -0.2) is 0 Å². The minimum Gasteiger partial charge on any atom is -0.380 e. The first kappa shape index (κ1) is 13.9. The zero-order valence-corrected chi connectivity index (χ0v) is 11.4. The summed E-state index contributed by atoms with van der Waals surface area (Å²) in [6.07, 6.45) is 2.41. The van der Waals surface area contributed by atoms with Crippen LogP contribution in [0.3, 0.4) is 0 Å². The Hall–Kier alpha value is -0.120. The van der Waals surface area contributed by atoms with E-state index < -0.39 is 0 Å². The lowest BCUT2D eigenvalue weighted by atomic mass is 9.91. The van der Waals surface area contributed by atoms with Crippen molar-refractivity contribution in [2.45, 2.75) is 52.1 Å². The molecule has 0 spiro atoms. The molecule has 1 fully saturated rings. The predicted octanol–water partition coefficient (Wildman–Crippen LogP) is 1.88. The highest BCUT2D eigenvalue weighted by Crippen LogP contribution is 2.23. The number of piperazine rings is 1. The number of hydrogen-bond acceptors (Lipinski definition) is 3. The second-order valence-electron chi connectivity index (χ2n) is 4.98. The van der Waals surface area contributed by atoms with Crippen LogP contribution in [0.4, 0.5) is 0 Å². The highest BCUT2D eigenvalue weighted by Gasteiger charge is 2.35. The van der Waals surface area contributed by atoms with E-state index in [0.717, 1.165) is 32.8 Å². The molecule has 1 saturated heterocycles. The summed E-state index contributed by atoms with van der Waals surface area (Å²) in [5.74, 6) is 0. The van der Waals surface area contributed by atoms with Gasteiger partial charge in [0.05, 0.1) is 6.61 Å². The molecule has 1 aliphatic heterocycles. The normalized spacial score (nSPS) is 31.9. The number of hydrogen-bond donors (Lipinski definition) is 1. The summed E-state index contributed by atoms with van der Waals surface area (Å²) in [4.78, 5) is 2.60. The number of nitrogens with zero attached hydrogens (tertiary/aromatic N) is 1. The summed E-state index contributed by atoms with van der Waals surface area (Å²) in [5.41, 5.74) is 0.308. The molecule has 1 aliphatic rings. The third-order valence-electron chi connectivity index (χ3n) is 3.94. The van der Waals surface area contributed by atoms with Crippen LogP contribution in [0.1, 0.15) is 40.5 Å². The van der Waals surface area contributed by atoms with Gasteiger partial charge in [-0.3, -0.25) is 4.90 Å². The van der Waals surface area contributed by atoms with E-state index in [0.29, 0.717) is 11.6 Å². The maximum atomic E-state index is 5.48. The van der Waals surface area contributed by atoms with Crippen LogP contribution < -0.4 is 5.32 Å². The highest BCUT2D eigenvalue weighted by atomic mass is 16.5. The van der Waals surface area contributed by atoms with Crippen molar-refractivity contribution >= 4 is 0 Å². The van der Waals surface area contributed by atoms with Crippen LogP contribution in [0.5, 0.6) is 0 Å². The molecule has 1 N–H and O–H groups in total. The second kappa shape index (κ2) is 6.58. The molecule has 96 valence electrons. The second-order valence-corrected chi connectivity index (χ2v) is 4.98. The van der Waals surface area contributed by atoms with Crippen molar-refractivity contribution in [2.75, 3.05) is 32.8 Å². The summed E-state index contributed by atoms with van der Waals surface area (Å²) in [6.45, 7) is 14.0. The monoisotopic (exact) mass is 228 g/mol. The lowest BCUT2D eigenvalue weighted by Gasteiger charge is -2.47. The van der Waals surface area contributed by atoms with Gasteiger partial charge in [-0.1, -0.05) is 13.8 Å². The Morgan fingerprint density at radius 1 is 1.38 bits per heavy atom. The smallest absolute Gasteiger partial charge is 0.0593 e. The van der Waals surface area contributed by atoms with Crippen LogP contribution in [-0.4, -0.2) is 49.3 Å². The molecule has 0 amide bonds. The minimum atomic E-state index is 0.308. The van der Waals surface area contributed by atoms with Crippen LogP contribution in [0.15, 0.2) is 0 Å². The molecule has 3 heteroatoms. The quantitative estimate of drug-likeness (QED) is 0.703. The summed E-state index contributed by atoms with van der Waals surface area (Å²) in [7, 11) is 0. The standard InChI is InChI=1S/C13H28N2O/c1-5-12-10-15(8-9-16-7-3)13(4,6-2)11-14-12/h12,14H,5-11H2,1-4H3. The fourth-order valence-corrected chi connectivity index (χ4v) is 2.33. The van der Waals surface area contributed by atoms with Crippen molar-refractivity contribution in [1.29, 1.82) is 0 Å². The van der Waals surface area contributed by atoms with E-state index in [2.05, 4.69) is 37.9 Å². The number of nitrogens with one attached hydrogen (secondary N) is 1. The molecule has 0 aromatic rings. The van der Waals surface area contributed by atoms with Crippen molar-refractivity contribution in [2.24, 2.45) is 0 Å². The summed E-state index contributed by atoms with van der Waals surface area (Å²) in [6, 6.07) is 0.654. The van der Waals surface area contributed by atoms with Crippen molar-refractivity contribution in [3.05, 3.63) is 0 Å². The van der Waals surface area contributed by atoms with Crippen molar-refractivity contribution in [1.82, 2.24) is 10.2 Å². The Labute approximate surface area is 101 Å². The lowest BCUT2D eigenvalue weighted by Crippen LogP contribution is -2.63. The Morgan fingerprint density at radius 2 is 2.12 bits per heavy atom. The van der Waals surface area contributed by atoms with Gasteiger partial charge in [-0.05, 0) is 26.7 Å². The zero-order chi connectivity index (χ0) is 12.0. The highest BCUT2D eigenvalue weighted by molar-refractivity contribution is 4.94. The molecule has 0 aliphatic carbocycles. The maximum absolute atomic E-state index is 5.48. The molecule has 0 aromatic carbocycles. The Kier molecular flexibility index (Phi) is 5.73. The molecular weight excluding hydrogens is 200 g/mol. The largest absolute Gasteiger partial charge is 0.380 e. The molecule has 0 saturated carbocycles. The molecule has 0 bridgehead atoms. The lowest BCUT2D eigenvalue weighted by molar-refractivity contribution is 0.0187. The molecule has 2 unspecified atom stereocenters. The fraction of sp³-hybridized carbons (Fsp3) is 1.00. The van der Waals surface area contributed by atoms with Gasteiger partial charge in [-0.2, -0.15) is 0 Å². The molecule has 0 aromatic heterocycles. The van der Waals surface area contributed by atoms with Gasteiger partial charge < -0.3 is 10.1 Å². The first-order valence-electron chi connectivity index (χ1n) is 6.72. The summed E-state index contributed by atoms with van der Waals surface area (Å²) < 4.78 is 5.48. The van der Waals surface area contributed by atoms with Crippen LogP contribution >= 0.6 is 0 Å². The first-order chi connectivity index (χ1) is 7.66. The van der Waals surface area contributed by atoms with E-state index in [1.807, 2.05) is 0 Å². The van der Waals surface area contributed by atoms with Gasteiger partial charge in [0.15, 0.2) is 0 Å². The average Bonchev–Trinajstić information content (AvgIpc) is 2.32. The third-order valence-corrected chi connectivity index (χ3v) is 3.94. The summed E-state index contributed by atoms with van der Waals surface area (Å²) >= 11 is 0. The predicted molar refractivity (Wildman–Crippen MR) is 68.8 cm³/mol. The van der Waals surface area contributed by atoms with E-state index in [9.17, 15) is 0 Å². The Balaban J connectivity index is 2.50. The molecule has 16 heavy (non-hydrogen) atoms.